The van der Waals surface area contributed by atoms with E-state index in [9.17, 15) is 9.90 Å². The van der Waals surface area contributed by atoms with Gasteiger partial charge in [0.1, 0.15) is 0 Å². The summed E-state index contributed by atoms with van der Waals surface area (Å²) in [6.45, 7) is 4.21. The predicted octanol–water partition coefficient (Wildman–Crippen LogP) is 3.30. The van der Waals surface area contributed by atoms with Gasteiger partial charge in [0, 0.05) is 10.7 Å². The van der Waals surface area contributed by atoms with Gasteiger partial charge in [-0.15, -0.1) is 0 Å². The number of halogens is 1. The fourth-order valence-electron chi connectivity index (χ4n) is 2.20. The minimum atomic E-state index is -0.562. The highest BCUT2D eigenvalue weighted by molar-refractivity contribution is 6.32. The van der Waals surface area contributed by atoms with Crippen molar-refractivity contribution in [3.63, 3.8) is 0 Å². The van der Waals surface area contributed by atoms with Gasteiger partial charge in [-0.3, -0.25) is 4.79 Å². The van der Waals surface area contributed by atoms with Crippen molar-refractivity contribution in [2.24, 2.45) is 5.92 Å². The number of fused-ring (bicyclic) bond motifs is 1. The van der Waals surface area contributed by atoms with E-state index in [1.165, 1.54) is 0 Å². The molecule has 2 N–H and O–H groups in total. The molecule has 18 heavy (non-hydrogen) atoms. The molecule has 4 heteroatoms. The summed E-state index contributed by atoms with van der Waals surface area (Å²) >= 11 is 6.17. The number of nitrogens with one attached hydrogen (secondary N) is 1. The number of hydrogen-bond acceptors (Lipinski definition) is 2. The van der Waals surface area contributed by atoms with Gasteiger partial charge in [-0.05, 0) is 35.6 Å². The van der Waals surface area contributed by atoms with Crippen LogP contribution in [0.4, 0.5) is 5.69 Å². The zero-order chi connectivity index (χ0) is 13.3. The van der Waals surface area contributed by atoms with E-state index in [0.717, 1.165) is 23.2 Å². The first-order chi connectivity index (χ1) is 8.51. The van der Waals surface area contributed by atoms with Crippen molar-refractivity contribution in [2.45, 2.75) is 39.2 Å². The van der Waals surface area contributed by atoms with E-state index >= 15 is 0 Å². The maximum absolute atomic E-state index is 11.3. The van der Waals surface area contributed by atoms with Crippen LogP contribution in [0.25, 0.3) is 0 Å². The molecule has 1 aromatic carbocycles. The third kappa shape index (κ3) is 2.68. The lowest BCUT2D eigenvalue weighted by Crippen LogP contribution is -2.05. The SMILES string of the molecule is CCC(C)CC(O)c1cc2c(cc1Cl)NC(=O)C2. The van der Waals surface area contributed by atoms with Crippen molar-refractivity contribution >= 4 is 23.2 Å². The summed E-state index contributed by atoms with van der Waals surface area (Å²) in [7, 11) is 0. The molecule has 2 rings (SSSR count). The van der Waals surface area contributed by atoms with Crippen LogP contribution in [0.15, 0.2) is 12.1 Å². The topological polar surface area (TPSA) is 49.3 Å². The number of amides is 1. The molecule has 0 aromatic heterocycles. The van der Waals surface area contributed by atoms with E-state index < -0.39 is 6.10 Å². The third-order valence-corrected chi connectivity index (χ3v) is 3.86. The minimum Gasteiger partial charge on any atom is -0.388 e. The van der Waals surface area contributed by atoms with Gasteiger partial charge in [-0.25, -0.2) is 0 Å². The fraction of sp³-hybridized carbons (Fsp3) is 0.500. The van der Waals surface area contributed by atoms with Gasteiger partial charge in [-0.1, -0.05) is 31.9 Å². The Bertz CT molecular complexity index is 473. The smallest absolute Gasteiger partial charge is 0.228 e. The largest absolute Gasteiger partial charge is 0.388 e. The summed E-state index contributed by atoms with van der Waals surface area (Å²) < 4.78 is 0. The van der Waals surface area contributed by atoms with Crippen molar-refractivity contribution in [2.75, 3.05) is 5.32 Å². The standard InChI is InChI=1S/C14H18ClNO2/c1-3-8(2)4-13(17)10-5-9-6-14(18)16-12(9)7-11(10)15/h5,7-8,13,17H,3-4,6H2,1-2H3,(H,16,18). The highest BCUT2D eigenvalue weighted by atomic mass is 35.5. The summed E-state index contributed by atoms with van der Waals surface area (Å²) in [5, 5.41) is 13.5. The van der Waals surface area contributed by atoms with E-state index in [0.29, 0.717) is 23.8 Å². The summed E-state index contributed by atoms with van der Waals surface area (Å²) in [6.07, 6.45) is 1.53. The lowest BCUT2D eigenvalue weighted by Gasteiger charge is -2.17. The van der Waals surface area contributed by atoms with Gasteiger partial charge in [-0.2, -0.15) is 0 Å². The van der Waals surface area contributed by atoms with Gasteiger partial charge in [0.05, 0.1) is 12.5 Å². The Morgan fingerprint density at radius 2 is 2.22 bits per heavy atom. The van der Waals surface area contributed by atoms with Crippen LogP contribution >= 0.6 is 11.6 Å². The molecule has 0 fully saturated rings. The Labute approximate surface area is 112 Å². The number of aliphatic hydroxyl groups is 1. The number of carbonyl (C=O) groups is 1. The zero-order valence-electron chi connectivity index (χ0n) is 10.7. The average molecular weight is 268 g/mol. The van der Waals surface area contributed by atoms with Crippen LogP contribution in [0.1, 0.15) is 43.9 Å². The summed E-state index contributed by atoms with van der Waals surface area (Å²) in [5.74, 6) is 0.429. The molecule has 0 spiro atoms. The highest BCUT2D eigenvalue weighted by Gasteiger charge is 2.22. The Balaban J connectivity index is 2.24. The molecule has 1 aromatic rings. The minimum absolute atomic E-state index is 0.0189. The van der Waals surface area contributed by atoms with Gasteiger partial charge >= 0.3 is 0 Å². The molecule has 1 amide bonds. The van der Waals surface area contributed by atoms with Crippen molar-refractivity contribution in [3.8, 4) is 0 Å². The second-order valence-corrected chi connectivity index (χ2v) is 5.43. The molecule has 0 radical (unpaired) electrons. The van der Waals surface area contributed by atoms with Crippen molar-refractivity contribution in [1.82, 2.24) is 0 Å². The molecule has 3 nitrogen and oxygen atoms in total. The fourth-order valence-corrected chi connectivity index (χ4v) is 2.49. The number of benzene rings is 1. The number of hydrogen-bond donors (Lipinski definition) is 2. The monoisotopic (exact) mass is 267 g/mol. The van der Waals surface area contributed by atoms with Crippen molar-refractivity contribution < 1.29 is 9.90 Å². The van der Waals surface area contributed by atoms with E-state index in [-0.39, 0.29) is 5.91 Å². The Morgan fingerprint density at radius 3 is 2.89 bits per heavy atom. The lowest BCUT2D eigenvalue weighted by atomic mass is 9.95. The normalized spacial score (nSPS) is 17.2. The number of carbonyl (C=O) groups excluding carboxylic acids is 1. The van der Waals surface area contributed by atoms with Crippen LogP contribution in [0, 0.1) is 5.92 Å². The zero-order valence-corrected chi connectivity index (χ0v) is 11.4. The van der Waals surface area contributed by atoms with Gasteiger partial charge < -0.3 is 10.4 Å². The quantitative estimate of drug-likeness (QED) is 0.879. The lowest BCUT2D eigenvalue weighted by molar-refractivity contribution is -0.115. The summed E-state index contributed by atoms with van der Waals surface area (Å²) in [6, 6.07) is 3.58. The first kappa shape index (κ1) is 13.4. The average Bonchev–Trinajstić information content (AvgIpc) is 2.66. The van der Waals surface area contributed by atoms with E-state index in [1.807, 2.05) is 6.07 Å². The highest BCUT2D eigenvalue weighted by Crippen LogP contribution is 2.35. The first-order valence-corrected chi connectivity index (χ1v) is 6.69. The predicted molar refractivity (Wildman–Crippen MR) is 72.8 cm³/mol. The molecular formula is C14H18ClNO2. The Kier molecular flexibility index (Phi) is 3.93. The van der Waals surface area contributed by atoms with Crippen LogP contribution in [0.2, 0.25) is 5.02 Å². The first-order valence-electron chi connectivity index (χ1n) is 6.31. The molecule has 0 aliphatic carbocycles. The van der Waals surface area contributed by atoms with E-state index in [4.69, 9.17) is 11.6 Å². The van der Waals surface area contributed by atoms with Gasteiger partial charge in [0.15, 0.2) is 0 Å². The molecule has 0 bridgehead atoms. The van der Waals surface area contributed by atoms with Crippen molar-refractivity contribution in [1.29, 1.82) is 0 Å². The second-order valence-electron chi connectivity index (χ2n) is 5.02. The van der Waals surface area contributed by atoms with Gasteiger partial charge in [0.25, 0.3) is 0 Å². The van der Waals surface area contributed by atoms with Crippen LogP contribution in [-0.2, 0) is 11.2 Å². The maximum atomic E-state index is 11.3. The summed E-state index contributed by atoms with van der Waals surface area (Å²) in [5.41, 5.74) is 2.42. The molecule has 1 aliphatic heterocycles. The molecular weight excluding hydrogens is 250 g/mol. The van der Waals surface area contributed by atoms with E-state index in [2.05, 4.69) is 19.2 Å². The van der Waals surface area contributed by atoms with Crippen LogP contribution in [0.5, 0.6) is 0 Å². The Hall–Kier alpha value is -1.06. The molecule has 2 unspecified atom stereocenters. The maximum Gasteiger partial charge on any atom is 0.228 e. The summed E-state index contributed by atoms with van der Waals surface area (Å²) in [4.78, 5) is 11.3. The Morgan fingerprint density at radius 1 is 1.50 bits per heavy atom. The number of anilines is 1. The number of rotatable bonds is 4. The molecule has 2 atom stereocenters. The molecule has 0 saturated heterocycles. The molecule has 0 saturated carbocycles. The second kappa shape index (κ2) is 5.29. The van der Waals surface area contributed by atoms with E-state index in [1.54, 1.807) is 6.07 Å². The van der Waals surface area contributed by atoms with Crippen molar-refractivity contribution in [3.05, 3.63) is 28.3 Å². The molecule has 1 heterocycles. The number of aliphatic hydroxyl groups excluding tert-OH is 1. The third-order valence-electron chi connectivity index (χ3n) is 3.53. The molecule has 98 valence electrons. The van der Waals surface area contributed by atoms with Crippen LogP contribution < -0.4 is 5.32 Å². The van der Waals surface area contributed by atoms with Crippen LogP contribution in [0.3, 0.4) is 0 Å². The van der Waals surface area contributed by atoms with Gasteiger partial charge in [0.2, 0.25) is 5.91 Å². The van der Waals surface area contributed by atoms with Crippen LogP contribution in [-0.4, -0.2) is 11.0 Å². The molecule has 1 aliphatic rings.